The Bertz CT molecular complexity index is 989. The van der Waals surface area contributed by atoms with Gasteiger partial charge in [0.05, 0.1) is 11.3 Å². The molecule has 1 atom stereocenters. The molecule has 4 N–H and O–H groups in total. The Morgan fingerprint density at radius 3 is 2.75 bits per heavy atom. The monoisotopic (exact) mass is 372 g/mol. The highest BCUT2D eigenvalue weighted by Gasteiger charge is 2.19. The van der Waals surface area contributed by atoms with Crippen LogP contribution in [0.15, 0.2) is 76.7 Å². The number of allylic oxidation sites excluding steroid dienone is 2. The van der Waals surface area contributed by atoms with Crippen LogP contribution in [0.3, 0.4) is 0 Å². The number of aryl methyl sites for hydroxylation is 2. The first-order valence-corrected chi connectivity index (χ1v) is 9.54. The molecule has 2 aliphatic rings. The highest BCUT2D eigenvalue weighted by atomic mass is 16.3. The number of rotatable bonds is 5. The van der Waals surface area contributed by atoms with Crippen LogP contribution in [-0.2, 0) is 12.8 Å². The SMILES string of the molecule is CC1=CC(c2ccccc2)=N/C(=C(/C=N)C(O)Nc2ccc3c(c2)CCC3)N1. The molecule has 0 radical (unpaired) electrons. The summed E-state index contributed by atoms with van der Waals surface area (Å²) >= 11 is 0. The van der Waals surface area contributed by atoms with Crippen molar-refractivity contribution >= 4 is 17.6 Å². The van der Waals surface area contributed by atoms with Crippen molar-refractivity contribution in [2.24, 2.45) is 4.99 Å². The van der Waals surface area contributed by atoms with Gasteiger partial charge in [-0.3, -0.25) is 0 Å². The maximum absolute atomic E-state index is 10.8. The smallest absolute Gasteiger partial charge is 0.155 e. The lowest BCUT2D eigenvalue weighted by Gasteiger charge is -2.21. The van der Waals surface area contributed by atoms with Gasteiger partial charge in [0.1, 0.15) is 5.82 Å². The summed E-state index contributed by atoms with van der Waals surface area (Å²) < 4.78 is 0. The van der Waals surface area contributed by atoms with Crippen LogP contribution in [-0.4, -0.2) is 23.3 Å². The summed E-state index contributed by atoms with van der Waals surface area (Å²) in [6.07, 6.45) is 5.46. The molecule has 5 nitrogen and oxygen atoms in total. The van der Waals surface area contributed by atoms with E-state index in [0.717, 1.165) is 41.7 Å². The Hall–Kier alpha value is -3.18. The number of aliphatic hydroxyl groups excluding tert-OH is 1. The zero-order chi connectivity index (χ0) is 19.5. The fourth-order valence-corrected chi connectivity index (χ4v) is 3.68. The van der Waals surface area contributed by atoms with Crippen LogP contribution in [0, 0.1) is 5.41 Å². The van der Waals surface area contributed by atoms with Crippen LogP contribution in [0.25, 0.3) is 0 Å². The quantitative estimate of drug-likeness (QED) is 0.476. The van der Waals surface area contributed by atoms with E-state index in [9.17, 15) is 5.11 Å². The lowest BCUT2D eigenvalue weighted by molar-refractivity contribution is 0.245. The van der Waals surface area contributed by atoms with E-state index in [2.05, 4.69) is 27.8 Å². The van der Waals surface area contributed by atoms with Gasteiger partial charge in [0.2, 0.25) is 0 Å². The third kappa shape index (κ3) is 3.75. The van der Waals surface area contributed by atoms with E-state index in [0.29, 0.717) is 11.4 Å². The zero-order valence-corrected chi connectivity index (χ0v) is 15.9. The standard InChI is InChI=1S/C23H24N4O/c1-15-12-21(17-6-3-2-4-7-17)27-22(25-15)20(14-24)23(28)26-19-11-10-16-8-5-9-18(16)13-19/h2-4,6-7,10-14,23-26,28H,5,8-9H2,1H3/b22-20-,24-14?. The average Bonchev–Trinajstić information content (AvgIpc) is 3.17. The van der Waals surface area contributed by atoms with Gasteiger partial charge in [0, 0.05) is 23.2 Å². The molecule has 4 rings (SSSR count). The summed E-state index contributed by atoms with van der Waals surface area (Å²) in [4.78, 5) is 4.65. The summed E-state index contributed by atoms with van der Waals surface area (Å²) in [5.41, 5.74) is 6.66. The zero-order valence-electron chi connectivity index (χ0n) is 15.9. The second-order valence-electron chi connectivity index (χ2n) is 7.15. The second kappa shape index (κ2) is 7.82. The predicted octanol–water partition coefficient (Wildman–Crippen LogP) is 3.76. The number of aliphatic hydroxyl groups is 1. The number of hydrogen-bond donors (Lipinski definition) is 4. The van der Waals surface area contributed by atoms with E-state index in [-0.39, 0.29) is 0 Å². The van der Waals surface area contributed by atoms with E-state index in [1.54, 1.807) is 0 Å². The Labute approximate surface area is 165 Å². The third-order valence-electron chi connectivity index (χ3n) is 5.10. The van der Waals surface area contributed by atoms with Crippen LogP contribution in [0.5, 0.6) is 0 Å². The summed E-state index contributed by atoms with van der Waals surface area (Å²) in [5.74, 6) is 0.481. The third-order valence-corrected chi connectivity index (χ3v) is 5.10. The molecule has 28 heavy (non-hydrogen) atoms. The van der Waals surface area contributed by atoms with Gasteiger partial charge in [-0.2, -0.15) is 0 Å². The predicted molar refractivity (Wildman–Crippen MR) is 114 cm³/mol. The van der Waals surface area contributed by atoms with Gasteiger partial charge >= 0.3 is 0 Å². The minimum Gasteiger partial charge on any atom is -0.369 e. The molecule has 0 fully saturated rings. The molecular formula is C23H24N4O. The number of nitrogens with one attached hydrogen (secondary N) is 3. The molecule has 2 aromatic carbocycles. The van der Waals surface area contributed by atoms with Gasteiger partial charge < -0.3 is 21.1 Å². The minimum atomic E-state index is -1.04. The summed E-state index contributed by atoms with van der Waals surface area (Å²) in [7, 11) is 0. The van der Waals surface area contributed by atoms with E-state index in [4.69, 9.17) is 5.41 Å². The Kier molecular flexibility index (Phi) is 5.08. The molecule has 0 bridgehead atoms. The molecule has 1 heterocycles. The maximum Gasteiger partial charge on any atom is 0.155 e. The van der Waals surface area contributed by atoms with Crippen molar-refractivity contribution in [1.29, 1.82) is 5.41 Å². The first-order chi connectivity index (χ1) is 13.6. The first kappa shape index (κ1) is 18.2. The molecule has 0 saturated carbocycles. The number of aliphatic imine (C=N–C) groups is 1. The van der Waals surface area contributed by atoms with Crippen LogP contribution in [0.4, 0.5) is 5.69 Å². The molecule has 1 unspecified atom stereocenters. The van der Waals surface area contributed by atoms with Gasteiger partial charge in [-0.1, -0.05) is 36.4 Å². The molecule has 0 aromatic heterocycles. The lowest BCUT2D eigenvalue weighted by Crippen LogP contribution is -2.28. The largest absolute Gasteiger partial charge is 0.369 e. The van der Waals surface area contributed by atoms with Crippen molar-refractivity contribution in [3.63, 3.8) is 0 Å². The van der Waals surface area contributed by atoms with Crippen molar-refractivity contribution in [2.45, 2.75) is 32.4 Å². The highest BCUT2D eigenvalue weighted by molar-refractivity contribution is 6.10. The fourth-order valence-electron chi connectivity index (χ4n) is 3.68. The maximum atomic E-state index is 10.8. The molecule has 142 valence electrons. The van der Waals surface area contributed by atoms with E-state index in [1.807, 2.05) is 49.4 Å². The second-order valence-corrected chi connectivity index (χ2v) is 7.15. The summed E-state index contributed by atoms with van der Waals surface area (Å²) in [5, 5.41) is 24.9. The minimum absolute atomic E-state index is 0.390. The molecule has 1 aliphatic heterocycles. The molecule has 2 aromatic rings. The van der Waals surface area contributed by atoms with Crippen molar-refractivity contribution in [3.8, 4) is 0 Å². The summed E-state index contributed by atoms with van der Waals surface area (Å²) in [6.45, 7) is 1.94. The number of fused-ring (bicyclic) bond motifs is 1. The number of anilines is 1. The Morgan fingerprint density at radius 2 is 1.96 bits per heavy atom. The Balaban J connectivity index is 1.62. The highest BCUT2D eigenvalue weighted by Crippen LogP contribution is 2.26. The van der Waals surface area contributed by atoms with Gasteiger partial charge in [-0.25, -0.2) is 4.99 Å². The Morgan fingerprint density at radius 1 is 1.18 bits per heavy atom. The van der Waals surface area contributed by atoms with Crippen LogP contribution in [0.2, 0.25) is 0 Å². The number of benzene rings is 2. The van der Waals surface area contributed by atoms with Crippen LogP contribution in [0.1, 0.15) is 30.0 Å². The van der Waals surface area contributed by atoms with Crippen molar-refractivity contribution in [1.82, 2.24) is 5.32 Å². The number of hydrogen-bond acceptors (Lipinski definition) is 5. The average molecular weight is 372 g/mol. The molecule has 5 heteroatoms. The van der Waals surface area contributed by atoms with Crippen LogP contribution < -0.4 is 10.6 Å². The van der Waals surface area contributed by atoms with Crippen molar-refractivity contribution in [2.75, 3.05) is 5.32 Å². The first-order valence-electron chi connectivity index (χ1n) is 9.54. The molecule has 0 amide bonds. The topological polar surface area (TPSA) is 80.5 Å². The van der Waals surface area contributed by atoms with Gasteiger partial charge in [0.15, 0.2) is 6.23 Å². The van der Waals surface area contributed by atoms with Gasteiger partial charge in [-0.05, 0) is 55.5 Å². The number of nitrogens with zero attached hydrogens (tertiary/aromatic N) is 1. The lowest BCUT2D eigenvalue weighted by atomic mass is 10.1. The molecule has 0 saturated heterocycles. The van der Waals surface area contributed by atoms with Crippen molar-refractivity contribution in [3.05, 3.63) is 88.4 Å². The van der Waals surface area contributed by atoms with Gasteiger partial charge in [0.25, 0.3) is 0 Å². The fraction of sp³-hybridized carbons (Fsp3) is 0.217. The molecule has 0 spiro atoms. The van der Waals surface area contributed by atoms with E-state index < -0.39 is 6.23 Å². The van der Waals surface area contributed by atoms with Gasteiger partial charge in [-0.15, -0.1) is 0 Å². The normalized spacial score (nSPS) is 18.4. The molecule has 1 aliphatic carbocycles. The van der Waals surface area contributed by atoms with Crippen molar-refractivity contribution < 1.29 is 5.11 Å². The summed E-state index contributed by atoms with van der Waals surface area (Å²) in [6, 6.07) is 16.1. The van der Waals surface area contributed by atoms with Crippen LogP contribution >= 0.6 is 0 Å². The molecular weight excluding hydrogens is 348 g/mol. The van der Waals surface area contributed by atoms with E-state index in [1.165, 1.54) is 17.5 Å². The van der Waals surface area contributed by atoms with E-state index >= 15 is 0 Å².